The molecule has 1 aromatic rings. The smallest absolute Gasteiger partial charge is 0.251 e. The van der Waals surface area contributed by atoms with Crippen LogP contribution in [0, 0.1) is 0 Å². The number of rotatable bonds is 4. The van der Waals surface area contributed by atoms with E-state index in [-0.39, 0.29) is 11.8 Å². The number of hydrogen-bond donors (Lipinski definition) is 1. The molecule has 0 aliphatic carbocycles. The lowest BCUT2D eigenvalue weighted by atomic mass is 10.2. The monoisotopic (exact) mass is 314 g/mol. The third kappa shape index (κ3) is 4.12. The van der Waals surface area contributed by atoms with Crippen LogP contribution in [-0.4, -0.2) is 36.3 Å². The van der Waals surface area contributed by atoms with E-state index in [2.05, 4.69) is 5.32 Å². The lowest BCUT2D eigenvalue weighted by molar-refractivity contribution is -0.129. The number of benzene rings is 1. The van der Waals surface area contributed by atoms with E-state index in [9.17, 15) is 9.59 Å². The second-order valence-corrected chi connectivity index (χ2v) is 5.62. The Labute approximate surface area is 128 Å². The van der Waals surface area contributed by atoms with Crippen molar-refractivity contribution < 1.29 is 9.59 Å². The molecule has 1 heterocycles. The molecule has 1 fully saturated rings. The van der Waals surface area contributed by atoms with Crippen molar-refractivity contribution in [3.05, 3.63) is 33.8 Å². The van der Waals surface area contributed by atoms with Gasteiger partial charge in [0.15, 0.2) is 0 Å². The third-order valence-electron chi connectivity index (χ3n) is 3.21. The Kier molecular flexibility index (Phi) is 5.26. The maximum atomic E-state index is 11.9. The summed E-state index contributed by atoms with van der Waals surface area (Å²) in [5, 5.41) is 3.53. The van der Waals surface area contributed by atoms with Gasteiger partial charge in [0.25, 0.3) is 5.91 Å². The van der Waals surface area contributed by atoms with Gasteiger partial charge in [-0.3, -0.25) is 9.59 Å². The minimum atomic E-state index is -0.274. The molecule has 0 aromatic heterocycles. The number of likely N-dealkylation sites (tertiary alicyclic amines) is 1. The molecule has 1 N–H and O–H groups in total. The molecule has 2 amide bonds. The van der Waals surface area contributed by atoms with E-state index in [4.69, 9.17) is 23.2 Å². The number of hydrogen-bond acceptors (Lipinski definition) is 2. The van der Waals surface area contributed by atoms with Crippen LogP contribution in [0.5, 0.6) is 0 Å². The predicted molar refractivity (Wildman–Crippen MR) is 79.2 cm³/mol. The van der Waals surface area contributed by atoms with E-state index in [0.717, 1.165) is 25.9 Å². The standard InChI is InChI=1S/C14H16Cl2N2O2/c15-11-7-10(8-12(16)9-11)14(20)17-4-3-13(19)18-5-1-2-6-18/h7-9H,1-6H2,(H,17,20). The lowest BCUT2D eigenvalue weighted by Crippen LogP contribution is -2.32. The van der Waals surface area contributed by atoms with Crippen LogP contribution in [0.3, 0.4) is 0 Å². The third-order valence-corrected chi connectivity index (χ3v) is 3.64. The molecule has 108 valence electrons. The molecule has 1 saturated heterocycles. The zero-order valence-electron chi connectivity index (χ0n) is 11.0. The zero-order valence-corrected chi connectivity index (χ0v) is 12.5. The summed E-state index contributed by atoms with van der Waals surface area (Å²) < 4.78 is 0. The van der Waals surface area contributed by atoms with Crippen molar-refractivity contribution in [3.8, 4) is 0 Å². The zero-order chi connectivity index (χ0) is 14.5. The quantitative estimate of drug-likeness (QED) is 0.929. The Hall–Kier alpha value is -1.26. The Bertz CT molecular complexity index is 494. The molecule has 1 aliphatic heterocycles. The molecule has 4 nitrogen and oxygen atoms in total. The van der Waals surface area contributed by atoms with Crippen LogP contribution in [-0.2, 0) is 4.79 Å². The maximum absolute atomic E-state index is 11.9. The molecule has 6 heteroatoms. The van der Waals surface area contributed by atoms with Crippen molar-refractivity contribution in [1.29, 1.82) is 0 Å². The second-order valence-electron chi connectivity index (χ2n) is 4.75. The number of nitrogens with zero attached hydrogens (tertiary/aromatic N) is 1. The first-order valence-corrected chi connectivity index (χ1v) is 7.34. The minimum absolute atomic E-state index is 0.0897. The number of amides is 2. The van der Waals surface area contributed by atoms with Crippen LogP contribution in [0.2, 0.25) is 10.0 Å². The first-order valence-electron chi connectivity index (χ1n) is 6.58. The molecular weight excluding hydrogens is 299 g/mol. The van der Waals surface area contributed by atoms with Gasteiger partial charge in [-0.25, -0.2) is 0 Å². The SMILES string of the molecule is O=C(NCCC(=O)N1CCCC1)c1cc(Cl)cc(Cl)c1. The Morgan fingerprint density at radius 1 is 1.10 bits per heavy atom. The molecule has 1 aliphatic rings. The highest BCUT2D eigenvalue weighted by molar-refractivity contribution is 6.35. The fraction of sp³-hybridized carbons (Fsp3) is 0.429. The van der Waals surface area contributed by atoms with Crippen molar-refractivity contribution in [2.24, 2.45) is 0 Å². The van der Waals surface area contributed by atoms with Crippen LogP contribution in [0.4, 0.5) is 0 Å². The van der Waals surface area contributed by atoms with Gasteiger partial charge in [0, 0.05) is 41.7 Å². The van der Waals surface area contributed by atoms with E-state index in [1.54, 1.807) is 18.2 Å². The average Bonchev–Trinajstić information content (AvgIpc) is 2.91. The predicted octanol–water partition coefficient (Wildman–Crippen LogP) is 2.74. The van der Waals surface area contributed by atoms with Crippen molar-refractivity contribution in [3.63, 3.8) is 0 Å². The molecule has 0 unspecified atom stereocenters. The maximum Gasteiger partial charge on any atom is 0.251 e. The molecule has 2 rings (SSSR count). The number of nitrogens with one attached hydrogen (secondary N) is 1. The van der Waals surface area contributed by atoms with Crippen molar-refractivity contribution >= 4 is 35.0 Å². The van der Waals surface area contributed by atoms with Crippen molar-refractivity contribution in [1.82, 2.24) is 10.2 Å². The second kappa shape index (κ2) is 6.95. The highest BCUT2D eigenvalue weighted by atomic mass is 35.5. The average molecular weight is 315 g/mol. The molecule has 0 bridgehead atoms. The van der Waals surface area contributed by atoms with Crippen LogP contribution < -0.4 is 5.32 Å². The van der Waals surface area contributed by atoms with E-state index in [1.807, 2.05) is 4.90 Å². The molecular formula is C14H16Cl2N2O2. The molecule has 0 saturated carbocycles. The number of carbonyl (C=O) groups is 2. The van der Waals surface area contributed by atoms with Gasteiger partial charge in [-0.15, -0.1) is 0 Å². The topological polar surface area (TPSA) is 49.4 Å². The van der Waals surface area contributed by atoms with Crippen LogP contribution in [0.25, 0.3) is 0 Å². The van der Waals surface area contributed by atoms with Crippen LogP contribution in [0.15, 0.2) is 18.2 Å². The summed E-state index contributed by atoms with van der Waals surface area (Å²) in [6.07, 6.45) is 2.46. The Balaban J connectivity index is 1.81. The molecule has 0 spiro atoms. The Morgan fingerprint density at radius 3 is 2.30 bits per heavy atom. The number of carbonyl (C=O) groups excluding carboxylic acids is 2. The normalized spacial score (nSPS) is 14.4. The summed E-state index contributed by atoms with van der Waals surface area (Å²) in [4.78, 5) is 25.5. The first kappa shape index (κ1) is 15.1. The largest absolute Gasteiger partial charge is 0.352 e. The summed E-state index contributed by atoms with van der Waals surface area (Å²) >= 11 is 11.7. The van der Waals surface area contributed by atoms with Gasteiger partial charge in [-0.1, -0.05) is 23.2 Å². The lowest BCUT2D eigenvalue weighted by Gasteiger charge is -2.15. The van der Waals surface area contributed by atoms with Gasteiger partial charge < -0.3 is 10.2 Å². The first-order chi connectivity index (χ1) is 9.56. The Morgan fingerprint density at radius 2 is 1.70 bits per heavy atom. The van der Waals surface area contributed by atoms with E-state index < -0.39 is 0 Å². The van der Waals surface area contributed by atoms with Gasteiger partial charge in [-0.2, -0.15) is 0 Å². The molecule has 1 aromatic carbocycles. The highest BCUT2D eigenvalue weighted by Gasteiger charge is 2.17. The summed E-state index contributed by atoms with van der Waals surface area (Å²) in [5.74, 6) is -0.185. The molecule has 0 radical (unpaired) electrons. The van der Waals surface area contributed by atoms with Gasteiger partial charge in [0.2, 0.25) is 5.91 Å². The van der Waals surface area contributed by atoms with Crippen molar-refractivity contribution in [2.75, 3.05) is 19.6 Å². The minimum Gasteiger partial charge on any atom is -0.352 e. The summed E-state index contributed by atoms with van der Waals surface area (Å²) in [6, 6.07) is 4.66. The van der Waals surface area contributed by atoms with E-state index >= 15 is 0 Å². The summed E-state index contributed by atoms with van der Waals surface area (Å²) in [7, 11) is 0. The molecule has 0 atom stereocenters. The van der Waals surface area contributed by atoms with Crippen molar-refractivity contribution in [2.45, 2.75) is 19.3 Å². The van der Waals surface area contributed by atoms with Gasteiger partial charge >= 0.3 is 0 Å². The van der Waals surface area contributed by atoms with Gasteiger partial charge in [0.1, 0.15) is 0 Å². The van der Waals surface area contributed by atoms with Crippen LogP contribution >= 0.6 is 23.2 Å². The van der Waals surface area contributed by atoms with Crippen LogP contribution in [0.1, 0.15) is 29.6 Å². The summed E-state index contributed by atoms with van der Waals surface area (Å²) in [6.45, 7) is 1.98. The molecule has 20 heavy (non-hydrogen) atoms. The van der Waals surface area contributed by atoms with Gasteiger partial charge in [-0.05, 0) is 31.0 Å². The summed E-state index contributed by atoms with van der Waals surface area (Å²) in [5.41, 5.74) is 0.399. The highest BCUT2D eigenvalue weighted by Crippen LogP contribution is 2.18. The van der Waals surface area contributed by atoms with E-state index in [1.165, 1.54) is 0 Å². The fourth-order valence-corrected chi connectivity index (χ4v) is 2.72. The van der Waals surface area contributed by atoms with Gasteiger partial charge in [0.05, 0.1) is 0 Å². The number of halogens is 2. The van der Waals surface area contributed by atoms with E-state index in [0.29, 0.717) is 28.6 Å². The fourth-order valence-electron chi connectivity index (χ4n) is 2.19.